The highest BCUT2D eigenvalue weighted by Crippen LogP contribution is 2.54. The fourth-order valence-electron chi connectivity index (χ4n) is 6.07. The summed E-state index contributed by atoms with van der Waals surface area (Å²) >= 11 is 0. The zero-order chi connectivity index (χ0) is 22.7. The summed E-state index contributed by atoms with van der Waals surface area (Å²) in [6.45, 7) is 3.27. The van der Waals surface area contributed by atoms with E-state index in [-0.39, 0.29) is 23.3 Å². The van der Waals surface area contributed by atoms with Crippen molar-refractivity contribution in [2.75, 3.05) is 20.3 Å². The molecule has 3 unspecified atom stereocenters. The molecule has 0 radical (unpaired) electrons. The minimum absolute atomic E-state index is 0.00629. The summed E-state index contributed by atoms with van der Waals surface area (Å²) in [5.74, 6) is 1.54. The summed E-state index contributed by atoms with van der Waals surface area (Å²) in [5.41, 5.74) is 3.70. The Morgan fingerprint density at radius 3 is 2.85 bits per heavy atom. The molecular formula is C25H32N6O2. The number of nitrogens with one attached hydrogen (secondary N) is 2. The smallest absolute Gasteiger partial charge is 0.213 e. The van der Waals surface area contributed by atoms with Gasteiger partial charge in [-0.25, -0.2) is 10.1 Å². The van der Waals surface area contributed by atoms with Crippen LogP contribution in [0.25, 0.3) is 0 Å². The maximum absolute atomic E-state index is 5.82. The molecule has 1 saturated carbocycles. The van der Waals surface area contributed by atoms with E-state index in [0.717, 1.165) is 25.1 Å². The van der Waals surface area contributed by atoms with Gasteiger partial charge in [0.25, 0.3) is 0 Å². The van der Waals surface area contributed by atoms with Gasteiger partial charge in [-0.1, -0.05) is 31.1 Å². The number of methoxy groups -OCH3 is 1. The number of hydrogen-bond donors (Lipinski definition) is 2. The minimum Gasteiger partial charge on any atom is -0.478 e. The maximum Gasteiger partial charge on any atom is 0.213 e. The molecule has 3 heterocycles. The highest BCUT2D eigenvalue weighted by atomic mass is 16.5. The molecular weight excluding hydrogens is 416 g/mol. The summed E-state index contributed by atoms with van der Waals surface area (Å²) in [5, 5.41) is 19.4. The second-order valence-electron chi connectivity index (χ2n) is 9.21. The molecule has 33 heavy (non-hydrogen) atoms. The lowest BCUT2D eigenvalue weighted by molar-refractivity contribution is 0.0401. The Bertz CT molecular complexity index is 1040. The number of aromatic amines is 1. The van der Waals surface area contributed by atoms with E-state index in [4.69, 9.17) is 9.47 Å². The summed E-state index contributed by atoms with van der Waals surface area (Å²) in [6, 6.07) is 4.30. The Hall–Kier alpha value is -3.00. The van der Waals surface area contributed by atoms with Crippen molar-refractivity contribution in [3.8, 4) is 5.88 Å². The zero-order valence-electron chi connectivity index (χ0n) is 19.3. The molecule has 8 heteroatoms. The van der Waals surface area contributed by atoms with Crippen molar-refractivity contribution in [3.05, 3.63) is 65.3 Å². The molecule has 3 atom stereocenters. The second-order valence-corrected chi connectivity index (χ2v) is 9.21. The molecule has 0 bridgehead atoms. The molecule has 5 rings (SSSR count). The van der Waals surface area contributed by atoms with Crippen LogP contribution in [0.3, 0.4) is 0 Å². The van der Waals surface area contributed by atoms with E-state index in [1.807, 2.05) is 20.2 Å². The van der Waals surface area contributed by atoms with Crippen LogP contribution in [-0.4, -0.2) is 52.0 Å². The number of rotatable bonds is 7. The van der Waals surface area contributed by atoms with Crippen molar-refractivity contribution in [2.24, 2.45) is 5.41 Å². The molecule has 3 aliphatic rings. The lowest BCUT2D eigenvalue weighted by Crippen LogP contribution is -2.54. The first-order valence-electron chi connectivity index (χ1n) is 11.9. The summed E-state index contributed by atoms with van der Waals surface area (Å²) in [6.07, 6.45) is 16.0. The largest absolute Gasteiger partial charge is 0.478 e. The van der Waals surface area contributed by atoms with Crippen LogP contribution in [0, 0.1) is 5.41 Å². The Kier molecular flexibility index (Phi) is 6.26. The third-order valence-corrected chi connectivity index (χ3v) is 7.38. The van der Waals surface area contributed by atoms with E-state index < -0.39 is 0 Å². The van der Waals surface area contributed by atoms with Gasteiger partial charge in [-0.2, -0.15) is 0 Å². The average molecular weight is 449 g/mol. The van der Waals surface area contributed by atoms with Gasteiger partial charge in [-0.3, -0.25) is 0 Å². The number of aromatic nitrogens is 5. The molecule has 0 saturated heterocycles. The highest BCUT2D eigenvalue weighted by molar-refractivity contribution is 5.46. The van der Waals surface area contributed by atoms with E-state index in [0.29, 0.717) is 19.1 Å². The Morgan fingerprint density at radius 1 is 1.21 bits per heavy atom. The van der Waals surface area contributed by atoms with Crippen LogP contribution >= 0.6 is 0 Å². The van der Waals surface area contributed by atoms with Gasteiger partial charge in [0, 0.05) is 42.4 Å². The van der Waals surface area contributed by atoms with Crippen LogP contribution in [0.2, 0.25) is 0 Å². The Morgan fingerprint density at radius 2 is 2.09 bits per heavy atom. The van der Waals surface area contributed by atoms with Crippen LogP contribution in [0.5, 0.6) is 5.88 Å². The van der Waals surface area contributed by atoms with Crippen molar-refractivity contribution in [1.82, 2.24) is 30.9 Å². The van der Waals surface area contributed by atoms with Gasteiger partial charge in [0.2, 0.25) is 5.88 Å². The monoisotopic (exact) mass is 448 g/mol. The van der Waals surface area contributed by atoms with Crippen LogP contribution < -0.4 is 10.1 Å². The Labute approximate surface area is 194 Å². The lowest BCUT2D eigenvalue weighted by atomic mass is 9.63. The van der Waals surface area contributed by atoms with Crippen LogP contribution in [0.15, 0.2) is 53.9 Å². The minimum atomic E-state index is 0.00629. The fourth-order valence-corrected chi connectivity index (χ4v) is 6.07. The molecule has 8 nitrogen and oxygen atoms in total. The number of ether oxygens (including phenoxy) is 2. The number of allylic oxidation sites excluding steroid dienone is 5. The molecule has 0 spiro atoms. The third-order valence-electron chi connectivity index (χ3n) is 7.38. The number of pyridine rings is 1. The first kappa shape index (κ1) is 21.8. The van der Waals surface area contributed by atoms with Crippen LogP contribution in [0.4, 0.5) is 0 Å². The summed E-state index contributed by atoms with van der Waals surface area (Å²) in [7, 11) is 1.81. The first-order chi connectivity index (χ1) is 16.3. The van der Waals surface area contributed by atoms with Gasteiger partial charge in [0.1, 0.15) is 0 Å². The van der Waals surface area contributed by atoms with E-state index in [9.17, 15) is 0 Å². The van der Waals surface area contributed by atoms with Gasteiger partial charge in [0.15, 0.2) is 5.82 Å². The molecule has 174 valence electrons. The van der Waals surface area contributed by atoms with Crippen LogP contribution in [-0.2, 0) is 4.74 Å². The molecule has 2 aliphatic carbocycles. The predicted molar refractivity (Wildman–Crippen MR) is 125 cm³/mol. The SMILES string of the molecule is CCOc1cc(C2C3=C(C=CC=CC3)NC(C3(COC)CCCC3)C2c2nnn[nH]2)ccn1. The standard InChI is InChI=1S/C25H32N6O2/c1-3-33-20-15-17(11-14-26-20)21-18-9-5-4-6-10-19(18)27-23(22(21)24-28-30-31-29-24)25(16-32-2)12-7-8-13-25/h4-6,10-11,14-15,21-23,27H,3,7-9,12-13,16H2,1-2H3,(H,28,29,30,31). The van der Waals surface area contributed by atoms with Crippen molar-refractivity contribution in [1.29, 1.82) is 0 Å². The summed E-state index contributed by atoms with van der Waals surface area (Å²) < 4.78 is 11.6. The predicted octanol–water partition coefficient (Wildman–Crippen LogP) is 3.81. The van der Waals surface area contributed by atoms with E-state index >= 15 is 0 Å². The number of nitrogens with zero attached hydrogens (tertiary/aromatic N) is 4. The molecule has 1 aliphatic heterocycles. The average Bonchev–Trinajstić information content (AvgIpc) is 3.48. The molecule has 0 amide bonds. The number of tetrazole rings is 1. The van der Waals surface area contributed by atoms with E-state index in [1.54, 1.807) is 0 Å². The van der Waals surface area contributed by atoms with E-state index in [2.05, 4.69) is 67.4 Å². The van der Waals surface area contributed by atoms with E-state index in [1.165, 1.54) is 29.7 Å². The molecule has 2 N–H and O–H groups in total. The van der Waals surface area contributed by atoms with Gasteiger partial charge in [-0.05, 0) is 59.9 Å². The number of H-pyrrole nitrogens is 1. The quantitative estimate of drug-likeness (QED) is 0.665. The van der Waals surface area contributed by atoms with Gasteiger partial charge >= 0.3 is 0 Å². The fraction of sp³-hybridized carbons (Fsp3) is 0.520. The first-order valence-corrected chi connectivity index (χ1v) is 11.9. The normalized spacial score (nSPS) is 26.1. The van der Waals surface area contributed by atoms with Crippen molar-refractivity contribution in [2.45, 2.75) is 56.9 Å². The summed E-state index contributed by atoms with van der Waals surface area (Å²) in [4.78, 5) is 4.42. The molecule has 2 aromatic heterocycles. The van der Waals surface area contributed by atoms with Crippen molar-refractivity contribution < 1.29 is 9.47 Å². The van der Waals surface area contributed by atoms with Gasteiger partial charge < -0.3 is 14.8 Å². The van der Waals surface area contributed by atoms with Crippen molar-refractivity contribution in [3.63, 3.8) is 0 Å². The lowest BCUT2D eigenvalue weighted by Gasteiger charge is -2.48. The van der Waals surface area contributed by atoms with Gasteiger partial charge in [-0.15, -0.1) is 5.10 Å². The third kappa shape index (κ3) is 4.08. The Balaban J connectivity index is 1.69. The zero-order valence-corrected chi connectivity index (χ0v) is 19.3. The molecule has 2 aromatic rings. The van der Waals surface area contributed by atoms with Crippen LogP contribution in [0.1, 0.15) is 62.3 Å². The van der Waals surface area contributed by atoms with Gasteiger partial charge in [0.05, 0.1) is 19.1 Å². The second kappa shape index (κ2) is 9.47. The number of hydrogen-bond acceptors (Lipinski definition) is 7. The highest BCUT2D eigenvalue weighted by Gasteiger charge is 2.52. The molecule has 1 fully saturated rings. The molecule has 0 aromatic carbocycles. The topological polar surface area (TPSA) is 97.8 Å². The van der Waals surface area contributed by atoms with Crippen molar-refractivity contribution >= 4 is 0 Å². The maximum atomic E-state index is 5.82.